The number of aromatic hydroxyl groups is 1. The van der Waals surface area contributed by atoms with Crippen LogP contribution in [0, 0.1) is 5.41 Å². The van der Waals surface area contributed by atoms with Crippen LogP contribution in [0.3, 0.4) is 0 Å². The standard InChI is InChI=1S/C15H18ClNO/c1-15(2,3)14-8-10(6-7-17-14)12-5-4-11(18)9-13(12)16/h4-5,8-9,18H,6-7H2,1-3H3. The molecule has 0 spiro atoms. The van der Waals surface area contributed by atoms with Gasteiger partial charge < -0.3 is 5.11 Å². The maximum absolute atomic E-state index is 9.39. The Morgan fingerprint density at radius 2 is 2.00 bits per heavy atom. The van der Waals surface area contributed by atoms with Crippen molar-refractivity contribution in [2.45, 2.75) is 27.2 Å². The maximum atomic E-state index is 9.39. The predicted molar refractivity (Wildman–Crippen MR) is 77.5 cm³/mol. The topological polar surface area (TPSA) is 32.6 Å². The summed E-state index contributed by atoms with van der Waals surface area (Å²) >= 11 is 6.18. The van der Waals surface area contributed by atoms with Crippen LogP contribution in [0.25, 0.3) is 5.57 Å². The molecule has 0 aliphatic carbocycles. The van der Waals surface area contributed by atoms with Gasteiger partial charge in [0, 0.05) is 17.7 Å². The minimum atomic E-state index is 0.0507. The molecule has 0 fully saturated rings. The summed E-state index contributed by atoms with van der Waals surface area (Å²) in [6.45, 7) is 7.27. The van der Waals surface area contributed by atoms with Crippen molar-refractivity contribution in [3.05, 3.63) is 34.9 Å². The highest BCUT2D eigenvalue weighted by Crippen LogP contribution is 2.32. The summed E-state index contributed by atoms with van der Waals surface area (Å²) in [6, 6.07) is 5.12. The number of phenolic OH excluding ortho intramolecular Hbond substituents is 1. The van der Waals surface area contributed by atoms with Gasteiger partial charge in [0.2, 0.25) is 0 Å². The van der Waals surface area contributed by atoms with E-state index in [1.165, 1.54) is 5.57 Å². The van der Waals surface area contributed by atoms with Crippen LogP contribution in [0.5, 0.6) is 5.75 Å². The Kier molecular flexibility index (Phi) is 3.49. The van der Waals surface area contributed by atoms with Crippen LogP contribution in [0.1, 0.15) is 32.8 Å². The third-order valence-electron chi connectivity index (χ3n) is 3.04. The van der Waals surface area contributed by atoms with Gasteiger partial charge in [0.15, 0.2) is 0 Å². The second-order valence-corrected chi connectivity index (χ2v) is 6.01. The average Bonchev–Trinajstić information content (AvgIpc) is 2.28. The van der Waals surface area contributed by atoms with Crippen molar-refractivity contribution in [3.63, 3.8) is 0 Å². The molecule has 1 aromatic carbocycles. The molecule has 18 heavy (non-hydrogen) atoms. The molecule has 0 bridgehead atoms. The molecule has 0 aromatic heterocycles. The van der Waals surface area contributed by atoms with E-state index in [4.69, 9.17) is 11.6 Å². The minimum Gasteiger partial charge on any atom is -0.508 e. The maximum Gasteiger partial charge on any atom is 0.117 e. The molecule has 1 aromatic rings. The van der Waals surface area contributed by atoms with E-state index < -0.39 is 0 Å². The van der Waals surface area contributed by atoms with Crippen molar-refractivity contribution in [1.82, 2.24) is 0 Å². The number of hydrogen-bond acceptors (Lipinski definition) is 2. The summed E-state index contributed by atoms with van der Waals surface area (Å²) < 4.78 is 0. The lowest BCUT2D eigenvalue weighted by Gasteiger charge is -2.24. The van der Waals surface area contributed by atoms with Gasteiger partial charge in [-0.2, -0.15) is 0 Å². The van der Waals surface area contributed by atoms with Crippen molar-refractivity contribution in [1.29, 1.82) is 0 Å². The highest BCUT2D eigenvalue weighted by atomic mass is 35.5. The molecule has 0 unspecified atom stereocenters. The summed E-state index contributed by atoms with van der Waals surface area (Å²) in [4.78, 5) is 4.57. The number of benzene rings is 1. The summed E-state index contributed by atoms with van der Waals surface area (Å²) in [6.07, 6.45) is 3.02. The monoisotopic (exact) mass is 263 g/mol. The molecular formula is C15H18ClNO. The van der Waals surface area contributed by atoms with Gasteiger partial charge in [-0.25, -0.2) is 0 Å². The summed E-state index contributed by atoms with van der Waals surface area (Å²) in [5, 5.41) is 9.98. The van der Waals surface area contributed by atoms with Crippen molar-refractivity contribution < 1.29 is 5.11 Å². The summed E-state index contributed by atoms with van der Waals surface area (Å²) in [7, 11) is 0. The van der Waals surface area contributed by atoms with Crippen LogP contribution in [0.15, 0.2) is 29.3 Å². The first-order valence-electron chi connectivity index (χ1n) is 6.12. The molecule has 1 heterocycles. The SMILES string of the molecule is CC(C)(C)C1=NCCC(c2ccc(O)cc2Cl)=C1. The Morgan fingerprint density at radius 1 is 1.28 bits per heavy atom. The minimum absolute atomic E-state index is 0.0507. The first-order chi connectivity index (χ1) is 8.38. The van der Waals surface area contributed by atoms with Crippen molar-refractivity contribution >= 4 is 22.9 Å². The number of dihydropyridines is 1. The van der Waals surface area contributed by atoms with E-state index in [1.807, 2.05) is 6.07 Å². The number of rotatable bonds is 1. The molecule has 0 amide bonds. The summed E-state index contributed by atoms with van der Waals surface area (Å²) in [5.41, 5.74) is 3.34. The first-order valence-corrected chi connectivity index (χ1v) is 6.50. The molecule has 1 aliphatic rings. The number of allylic oxidation sites excluding steroid dienone is 1. The fourth-order valence-corrected chi connectivity index (χ4v) is 2.31. The Morgan fingerprint density at radius 3 is 2.61 bits per heavy atom. The van der Waals surface area contributed by atoms with E-state index in [0.717, 1.165) is 24.2 Å². The van der Waals surface area contributed by atoms with E-state index in [9.17, 15) is 5.11 Å². The van der Waals surface area contributed by atoms with Gasteiger partial charge in [0.1, 0.15) is 5.75 Å². The van der Waals surface area contributed by atoms with E-state index in [2.05, 4.69) is 31.8 Å². The molecule has 0 saturated carbocycles. The zero-order valence-electron chi connectivity index (χ0n) is 11.0. The van der Waals surface area contributed by atoms with Gasteiger partial charge in [-0.05, 0) is 41.8 Å². The van der Waals surface area contributed by atoms with Crippen molar-refractivity contribution in [2.24, 2.45) is 10.4 Å². The molecule has 3 heteroatoms. The molecule has 0 radical (unpaired) electrons. The molecule has 2 nitrogen and oxygen atoms in total. The first kappa shape index (κ1) is 13.2. The lowest BCUT2D eigenvalue weighted by atomic mass is 9.85. The van der Waals surface area contributed by atoms with Gasteiger partial charge in [-0.15, -0.1) is 0 Å². The van der Waals surface area contributed by atoms with Gasteiger partial charge in [-0.1, -0.05) is 32.4 Å². The Balaban J connectivity index is 2.40. The largest absolute Gasteiger partial charge is 0.508 e. The smallest absolute Gasteiger partial charge is 0.117 e. The van der Waals surface area contributed by atoms with Crippen LogP contribution >= 0.6 is 11.6 Å². The predicted octanol–water partition coefficient (Wildman–Crippen LogP) is 4.32. The molecular weight excluding hydrogens is 246 g/mol. The quantitative estimate of drug-likeness (QED) is 0.804. The van der Waals surface area contributed by atoms with Crippen LogP contribution in [0.4, 0.5) is 0 Å². The van der Waals surface area contributed by atoms with Crippen LogP contribution in [-0.2, 0) is 0 Å². The third-order valence-corrected chi connectivity index (χ3v) is 3.35. The number of hydrogen-bond donors (Lipinski definition) is 1. The van der Waals surface area contributed by atoms with Crippen LogP contribution in [-0.4, -0.2) is 17.4 Å². The fraction of sp³-hybridized carbons (Fsp3) is 0.400. The van der Waals surface area contributed by atoms with Crippen LogP contribution < -0.4 is 0 Å². The highest BCUT2D eigenvalue weighted by Gasteiger charge is 2.21. The lowest BCUT2D eigenvalue weighted by molar-refractivity contribution is 0.475. The van der Waals surface area contributed by atoms with Gasteiger partial charge in [0.05, 0.1) is 5.02 Å². The third kappa shape index (κ3) is 2.75. The molecule has 1 N–H and O–H groups in total. The molecule has 2 rings (SSSR count). The van der Waals surface area contributed by atoms with E-state index >= 15 is 0 Å². The normalized spacial score (nSPS) is 16.2. The van der Waals surface area contributed by atoms with E-state index in [0.29, 0.717) is 5.02 Å². The highest BCUT2D eigenvalue weighted by molar-refractivity contribution is 6.32. The van der Waals surface area contributed by atoms with Crippen molar-refractivity contribution in [3.8, 4) is 5.75 Å². The molecule has 0 saturated heterocycles. The van der Waals surface area contributed by atoms with E-state index in [1.54, 1.807) is 12.1 Å². The Bertz CT molecular complexity index is 524. The fourth-order valence-electron chi connectivity index (χ4n) is 2.01. The van der Waals surface area contributed by atoms with E-state index in [-0.39, 0.29) is 11.2 Å². The van der Waals surface area contributed by atoms with Gasteiger partial charge >= 0.3 is 0 Å². The second-order valence-electron chi connectivity index (χ2n) is 5.60. The molecule has 96 valence electrons. The molecule has 0 atom stereocenters. The lowest BCUT2D eigenvalue weighted by Crippen LogP contribution is -2.21. The number of phenols is 1. The van der Waals surface area contributed by atoms with Gasteiger partial charge in [-0.3, -0.25) is 4.99 Å². The Hall–Kier alpha value is -1.28. The number of halogens is 1. The number of aliphatic imine (C=N–C) groups is 1. The van der Waals surface area contributed by atoms with Crippen molar-refractivity contribution in [2.75, 3.05) is 6.54 Å². The van der Waals surface area contributed by atoms with Crippen LogP contribution in [0.2, 0.25) is 5.02 Å². The Labute approximate surface area is 113 Å². The number of nitrogens with zero attached hydrogens (tertiary/aromatic N) is 1. The zero-order chi connectivity index (χ0) is 13.3. The van der Waals surface area contributed by atoms with Gasteiger partial charge in [0.25, 0.3) is 0 Å². The average molecular weight is 264 g/mol. The zero-order valence-corrected chi connectivity index (χ0v) is 11.8. The second kappa shape index (κ2) is 4.77. The molecule has 1 aliphatic heterocycles. The summed E-state index contributed by atoms with van der Waals surface area (Å²) in [5.74, 6) is 0.199.